The zero-order valence-electron chi connectivity index (χ0n) is 13.1. The van der Waals surface area contributed by atoms with E-state index < -0.39 is 15.8 Å². The molecule has 21 heavy (non-hydrogen) atoms. The van der Waals surface area contributed by atoms with E-state index in [0.29, 0.717) is 19.5 Å². The van der Waals surface area contributed by atoms with Crippen molar-refractivity contribution in [1.29, 1.82) is 0 Å². The Kier molecular flexibility index (Phi) is 6.58. The molecule has 7 nitrogen and oxygen atoms in total. The van der Waals surface area contributed by atoms with Gasteiger partial charge in [-0.3, -0.25) is 4.79 Å². The summed E-state index contributed by atoms with van der Waals surface area (Å²) in [6.45, 7) is 8.23. The van der Waals surface area contributed by atoms with Crippen LogP contribution in [0.4, 0.5) is 0 Å². The van der Waals surface area contributed by atoms with Crippen LogP contribution in [-0.2, 0) is 19.7 Å². The summed E-state index contributed by atoms with van der Waals surface area (Å²) < 4.78 is 29.4. The van der Waals surface area contributed by atoms with Crippen LogP contribution in [0.2, 0.25) is 0 Å². The summed E-state index contributed by atoms with van der Waals surface area (Å²) in [5.41, 5.74) is -0.457. The van der Waals surface area contributed by atoms with Crippen LogP contribution in [0.3, 0.4) is 0 Å². The third kappa shape index (κ3) is 9.02. The molecular formula is C13H27N3O4S. The van der Waals surface area contributed by atoms with E-state index in [1.807, 2.05) is 20.8 Å². The van der Waals surface area contributed by atoms with Crippen LogP contribution in [0.5, 0.6) is 0 Å². The number of likely N-dealkylation sites (tertiary alicyclic amines) is 1. The molecule has 1 atom stereocenters. The number of nitrogens with one attached hydrogen (secondary N) is 1. The molecule has 1 aliphatic heterocycles. The summed E-state index contributed by atoms with van der Waals surface area (Å²) in [7, 11) is -3.63. The normalized spacial score (nSPS) is 21.2. The number of ether oxygens (including phenoxy) is 1. The van der Waals surface area contributed by atoms with Gasteiger partial charge in [-0.05, 0) is 46.1 Å². The fourth-order valence-electron chi connectivity index (χ4n) is 2.40. The van der Waals surface area contributed by atoms with Gasteiger partial charge in [0.2, 0.25) is 0 Å². The SMILES string of the molecule is CC(C)(C)OC(=O)CCN1CCC[C@H](CNS(N)(=O)=O)C1. The fourth-order valence-corrected chi connectivity index (χ4v) is 2.86. The van der Waals surface area contributed by atoms with Crippen LogP contribution in [0, 0.1) is 5.92 Å². The summed E-state index contributed by atoms with van der Waals surface area (Å²) in [6.07, 6.45) is 2.31. The highest BCUT2D eigenvalue weighted by atomic mass is 32.2. The van der Waals surface area contributed by atoms with Gasteiger partial charge in [0.25, 0.3) is 10.2 Å². The van der Waals surface area contributed by atoms with Gasteiger partial charge in [-0.25, -0.2) is 9.86 Å². The number of rotatable bonds is 6. The van der Waals surface area contributed by atoms with E-state index in [4.69, 9.17) is 9.88 Å². The number of carbonyl (C=O) groups is 1. The third-order valence-corrected chi connectivity index (χ3v) is 3.80. The molecule has 1 aliphatic rings. The average Bonchev–Trinajstić information content (AvgIpc) is 2.32. The van der Waals surface area contributed by atoms with E-state index in [2.05, 4.69) is 9.62 Å². The smallest absolute Gasteiger partial charge is 0.307 e. The van der Waals surface area contributed by atoms with Gasteiger partial charge >= 0.3 is 5.97 Å². The molecule has 0 aromatic carbocycles. The highest BCUT2D eigenvalue weighted by Gasteiger charge is 2.22. The molecule has 0 aromatic rings. The van der Waals surface area contributed by atoms with E-state index in [1.54, 1.807) is 0 Å². The molecule has 124 valence electrons. The molecule has 1 fully saturated rings. The number of esters is 1. The number of nitrogens with two attached hydrogens (primary N) is 1. The molecule has 0 bridgehead atoms. The highest BCUT2D eigenvalue weighted by molar-refractivity contribution is 7.87. The van der Waals surface area contributed by atoms with Gasteiger partial charge in [-0.2, -0.15) is 8.42 Å². The van der Waals surface area contributed by atoms with Crippen LogP contribution in [-0.4, -0.2) is 51.1 Å². The average molecular weight is 321 g/mol. The lowest BCUT2D eigenvalue weighted by molar-refractivity contribution is -0.155. The number of carbonyl (C=O) groups excluding carboxylic acids is 1. The molecule has 3 N–H and O–H groups in total. The number of piperidine rings is 1. The van der Waals surface area contributed by atoms with E-state index in [0.717, 1.165) is 25.9 Å². The minimum Gasteiger partial charge on any atom is -0.460 e. The van der Waals surface area contributed by atoms with E-state index in [1.165, 1.54) is 0 Å². The topological polar surface area (TPSA) is 102 Å². The largest absolute Gasteiger partial charge is 0.460 e. The van der Waals surface area contributed by atoms with Crippen LogP contribution >= 0.6 is 0 Å². The van der Waals surface area contributed by atoms with E-state index in [-0.39, 0.29) is 11.9 Å². The Morgan fingerprint density at radius 1 is 1.43 bits per heavy atom. The van der Waals surface area contributed by atoms with Gasteiger partial charge in [-0.1, -0.05) is 0 Å². The quantitative estimate of drug-likeness (QED) is 0.682. The summed E-state index contributed by atoms with van der Waals surface area (Å²) in [5.74, 6) is 0.0306. The summed E-state index contributed by atoms with van der Waals surface area (Å²) in [4.78, 5) is 13.9. The van der Waals surface area contributed by atoms with Gasteiger partial charge in [0.1, 0.15) is 5.60 Å². The lowest BCUT2D eigenvalue weighted by Gasteiger charge is -2.32. The van der Waals surface area contributed by atoms with E-state index in [9.17, 15) is 13.2 Å². The summed E-state index contributed by atoms with van der Waals surface area (Å²) in [6, 6.07) is 0. The maximum atomic E-state index is 11.7. The Morgan fingerprint density at radius 3 is 2.67 bits per heavy atom. The lowest BCUT2D eigenvalue weighted by atomic mass is 9.98. The monoisotopic (exact) mass is 321 g/mol. The first-order valence-electron chi connectivity index (χ1n) is 7.27. The molecule has 0 saturated carbocycles. The second-order valence-electron chi connectivity index (χ2n) is 6.54. The van der Waals surface area contributed by atoms with Crippen molar-refractivity contribution in [3.63, 3.8) is 0 Å². The maximum Gasteiger partial charge on any atom is 0.307 e. The second kappa shape index (κ2) is 7.53. The third-order valence-electron chi connectivity index (χ3n) is 3.23. The first-order chi connectivity index (χ1) is 9.55. The molecule has 8 heteroatoms. The van der Waals surface area contributed by atoms with Crippen molar-refractivity contribution in [1.82, 2.24) is 9.62 Å². The van der Waals surface area contributed by atoms with Crippen molar-refractivity contribution in [2.75, 3.05) is 26.2 Å². The maximum absolute atomic E-state index is 11.7. The molecule has 0 spiro atoms. The Bertz CT molecular complexity index is 445. The minimum absolute atomic E-state index is 0.202. The Morgan fingerprint density at radius 2 is 2.10 bits per heavy atom. The predicted molar refractivity (Wildman–Crippen MR) is 80.7 cm³/mol. The van der Waals surface area contributed by atoms with Crippen molar-refractivity contribution in [3.8, 4) is 0 Å². The molecule has 0 unspecified atom stereocenters. The molecule has 0 aliphatic carbocycles. The van der Waals surface area contributed by atoms with Crippen molar-refractivity contribution >= 4 is 16.2 Å². The van der Waals surface area contributed by atoms with Crippen molar-refractivity contribution in [2.24, 2.45) is 11.1 Å². The zero-order chi connectivity index (χ0) is 16.1. The predicted octanol–water partition coefficient (Wildman–Crippen LogP) is 0.223. The Balaban J connectivity index is 2.31. The van der Waals surface area contributed by atoms with Gasteiger partial charge in [0.05, 0.1) is 6.42 Å². The van der Waals surface area contributed by atoms with Crippen LogP contribution in [0.15, 0.2) is 0 Å². The molecular weight excluding hydrogens is 294 g/mol. The number of hydrogen-bond donors (Lipinski definition) is 2. The van der Waals surface area contributed by atoms with Gasteiger partial charge < -0.3 is 9.64 Å². The molecule has 1 heterocycles. The first kappa shape index (κ1) is 18.3. The van der Waals surface area contributed by atoms with Crippen LogP contribution in [0.25, 0.3) is 0 Å². The molecule has 0 radical (unpaired) electrons. The van der Waals surface area contributed by atoms with Gasteiger partial charge in [0.15, 0.2) is 0 Å². The number of nitrogens with zero attached hydrogens (tertiary/aromatic N) is 1. The van der Waals surface area contributed by atoms with Crippen LogP contribution < -0.4 is 9.86 Å². The Labute approximate surface area is 127 Å². The van der Waals surface area contributed by atoms with Crippen LogP contribution in [0.1, 0.15) is 40.0 Å². The molecule has 1 saturated heterocycles. The van der Waals surface area contributed by atoms with Gasteiger partial charge in [0, 0.05) is 19.6 Å². The van der Waals surface area contributed by atoms with Gasteiger partial charge in [-0.15, -0.1) is 0 Å². The highest BCUT2D eigenvalue weighted by Crippen LogP contribution is 2.16. The molecule has 1 rings (SSSR count). The summed E-state index contributed by atoms with van der Waals surface area (Å²) >= 11 is 0. The summed E-state index contributed by atoms with van der Waals surface area (Å²) in [5, 5.41) is 4.93. The number of hydrogen-bond acceptors (Lipinski definition) is 5. The standard InChI is InChI=1S/C13H27N3O4S/c1-13(2,3)20-12(17)6-8-16-7-4-5-11(10-16)9-15-21(14,18)19/h11,15H,4-10H2,1-3H3,(H2,14,18,19)/t11-/m1/s1. The minimum atomic E-state index is -3.63. The zero-order valence-corrected chi connectivity index (χ0v) is 13.9. The van der Waals surface area contributed by atoms with Crippen molar-refractivity contribution < 1.29 is 17.9 Å². The van der Waals surface area contributed by atoms with E-state index >= 15 is 0 Å². The molecule has 0 aromatic heterocycles. The first-order valence-corrected chi connectivity index (χ1v) is 8.81. The molecule has 0 amide bonds. The second-order valence-corrected chi connectivity index (χ2v) is 7.92. The lowest BCUT2D eigenvalue weighted by Crippen LogP contribution is -2.43. The fraction of sp³-hybridized carbons (Fsp3) is 0.923. The van der Waals surface area contributed by atoms with Crippen molar-refractivity contribution in [2.45, 2.75) is 45.6 Å². The van der Waals surface area contributed by atoms with Crippen molar-refractivity contribution in [3.05, 3.63) is 0 Å². The Hall–Kier alpha value is -0.700.